The van der Waals surface area contributed by atoms with Crippen LogP contribution in [0.1, 0.15) is 31.0 Å². The van der Waals surface area contributed by atoms with Crippen LogP contribution in [0.4, 0.5) is 5.82 Å². The summed E-state index contributed by atoms with van der Waals surface area (Å²) in [7, 11) is 2.01. The highest BCUT2D eigenvalue weighted by atomic mass is 15.2. The van der Waals surface area contributed by atoms with E-state index in [0.717, 1.165) is 12.2 Å². The van der Waals surface area contributed by atoms with E-state index in [4.69, 9.17) is 5.26 Å². The van der Waals surface area contributed by atoms with Crippen molar-refractivity contribution in [2.24, 2.45) is 0 Å². The molecule has 0 spiro atoms. The number of fused-ring (bicyclic) bond motifs is 1. The van der Waals surface area contributed by atoms with Crippen LogP contribution >= 0.6 is 0 Å². The summed E-state index contributed by atoms with van der Waals surface area (Å²) in [6.45, 7) is 2.05. The lowest BCUT2D eigenvalue weighted by Gasteiger charge is -2.24. The molecule has 0 bridgehead atoms. The van der Waals surface area contributed by atoms with Crippen molar-refractivity contribution in [1.29, 1.82) is 5.26 Å². The van der Waals surface area contributed by atoms with Gasteiger partial charge in [-0.3, -0.25) is 0 Å². The van der Waals surface area contributed by atoms with Crippen LogP contribution < -0.4 is 4.90 Å². The van der Waals surface area contributed by atoms with Crippen molar-refractivity contribution >= 4 is 5.82 Å². The van der Waals surface area contributed by atoms with Gasteiger partial charge in [-0.25, -0.2) is 4.98 Å². The third-order valence-electron chi connectivity index (χ3n) is 3.32. The molecule has 0 radical (unpaired) electrons. The number of rotatable bonds is 3. The van der Waals surface area contributed by atoms with E-state index in [2.05, 4.69) is 35.0 Å². The van der Waals surface area contributed by atoms with E-state index in [1.165, 1.54) is 24.1 Å². The van der Waals surface area contributed by atoms with Gasteiger partial charge >= 0.3 is 0 Å². The van der Waals surface area contributed by atoms with Gasteiger partial charge in [0.25, 0.3) is 0 Å². The van der Waals surface area contributed by atoms with Crippen molar-refractivity contribution in [3.05, 3.63) is 23.4 Å². The molecular weight excluding hydrogens is 198 g/mol. The molecule has 1 atom stereocenters. The maximum atomic E-state index is 8.69. The van der Waals surface area contributed by atoms with E-state index < -0.39 is 0 Å². The summed E-state index contributed by atoms with van der Waals surface area (Å²) >= 11 is 0. The van der Waals surface area contributed by atoms with Gasteiger partial charge < -0.3 is 4.90 Å². The van der Waals surface area contributed by atoms with E-state index in [1.807, 2.05) is 7.05 Å². The lowest BCUT2D eigenvalue weighted by molar-refractivity contribution is 0.692. The molecule has 1 heterocycles. The first-order chi connectivity index (χ1) is 7.72. The van der Waals surface area contributed by atoms with Crippen molar-refractivity contribution in [3.8, 4) is 6.07 Å². The highest BCUT2D eigenvalue weighted by molar-refractivity contribution is 5.43. The van der Waals surface area contributed by atoms with Gasteiger partial charge in [-0.15, -0.1) is 0 Å². The summed E-state index contributed by atoms with van der Waals surface area (Å²) in [6, 6.07) is 6.67. The first-order valence-corrected chi connectivity index (χ1v) is 5.81. The lowest BCUT2D eigenvalue weighted by Crippen LogP contribution is -2.29. The average molecular weight is 215 g/mol. The van der Waals surface area contributed by atoms with E-state index in [-0.39, 0.29) is 6.04 Å². The quantitative estimate of drug-likeness (QED) is 0.776. The minimum Gasteiger partial charge on any atom is -0.356 e. The Morgan fingerprint density at radius 1 is 1.50 bits per heavy atom. The zero-order valence-corrected chi connectivity index (χ0v) is 9.90. The number of aromatic nitrogens is 1. The van der Waals surface area contributed by atoms with E-state index >= 15 is 0 Å². The van der Waals surface area contributed by atoms with Crippen molar-refractivity contribution in [1.82, 2.24) is 4.98 Å². The van der Waals surface area contributed by atoms with Crippen LogP contribution in [0.25, 0.3) is 0 Å². The second kappa shape index (κ2) is 4.52. The van der Waals surface area contributed by atoms with Crippen LogP contribution in [0.2, 0.25) is 0 Å². The molecule has 84 valence electrons. The monoisotopic (exact) mass is 215 g/mol. The molecule has 0 aliphatic heterocycles. The predicted octanol–water partition coefficient (Wildman–Crippen LogP) is 2.31. The van der Waals surface area contributed by atoms with Gasteiger partial charge in [0.15, 0.2) is 0 Å². The van der Waals surface area contributed by atoms with Gasteiger partial charge in [0, 0.05) is 18.8 Å². The van der Waals surface area contributed by atoms with Crippen LogP contribution in [0, 0.1) is 11.3 Å². The molecule has 0 saturated heterocycles. The fourth-order valence-electron chi connectivity index (χ4n) is 2.10. The lowest BCUT2D eigenvalue weighted by atomic mass is 10.2. The molecule has 1 aromatic rings. The van der Waals surface area contributed by atoms with Crippen LogP contribution in [0.3, 0.4) is 0 Å². The second-order valence-electron chi connectivity index (χ2n) is 4.45. The number of hydrogen-bond donors (Lipinski definition) is 0. The first kappa shape index (κ1) is 10.9. The van der Waals surface area contributed by atoms with Gasteiger partial charge in [0.2, 0.25) is 0 Å². The fourth-order valence-corrected chi connectivity index (χ4v) is 2.10. The molecular formula is C13H17N3. The molecule has 1 aromatic heterocycles. The summed E-state index contributed by atoms with van der Waals surface area (Å²) in [4.78, 5) is 6.76. The Morgan fingerprint density at radius 3 is 3.06 bits per heavy atom. The standard InChI is InChI=1S/C13H17N3/c1-10(8-9-14)16(2)13-7-6-11-4-3-5-12(11)15-13/h6-7,10H,3-5,8H2,1-2H3. The summed E-state index contributed by atoms with van der Waals surface area (Å²) < 4.78 is 0. The van der Waals surface area contributed by atoms with E-state index in [0.29, 0.717) is 6.42 Å². The Hall–Kier alpha value is -1.56. The zero-order chi connectivity index (χ0) is 11.5. The van der Waals surface area contributed by atoms with Crippen LogP contribution in [-0.4, -0.2) is 18.1 Å². The Labute approximate surface area is 96.7 Å². The Morgan fingerprint density at radius 2 is 2.31 bits per heavy atom. The molecule has 0 aromatic carbocycles. The van der Waals surface area contributed by atoms with Crippen molar-refractivity contribution in [3.63, 3.8) is 0 Å². The second-order valence-corrected chi connectivity index (χ2v) is 4.45. The van der Waals surface area contributed by atoms with Crippen LogP contribution in [0.15, 0.2) is 12.1 Å². The van der Waals surface area contributed by atoms with Crippen molar-refractivity contribution < 1.29 is 0 Å². The molecule has 0 amide bonds. The third kappa shape index (κ3) is 2.01. The summed E-state index contributed by atoms with van der Waals surface area (Å²) in [6.07, 6.45) is 4.03. The largest absolute Gasteiger partial charge is 0.356 e. The molecule has 0 fully saturated rings. The number of pyridine rings is 1. The summed E-state index contributed by atoms with van der Waals surface area (Å²) in [5.41, 5.74) is 2.64. The SMILES string of the molecule is CC(CC#N)N(C)c1ccc2c(n1)CCC2. The highest BCUT2D eigenvalue weighted by Gasteiger charge is 2.16. The number of nitrogens with zero attached hydrogens (tertiary/aromatic N) is 3. The smallest absolute Gasteiger partial charge is 0.128 e. The summed E-state index contributed by atoms with van der Waals surface area (Å²) in [5, 5.41) is 8.69. The number of anilines is 1. The number of nitriles is 1. The molecule has 1 aliphatic rings. The normalized spacial score (nSPS) is 15.3. The Kier molecular flexibility index (Phi) is 3.09. The van der Waals surface area contributed by atoms with Crippen molar-refractivity contribution in [2.75, 3.05) is 11.9 Å². The number of hydrogen-bond acceptors (Lipinski definition) is 3. The predicted molar refractivity (Wildman–Crippen MR) is 64.4 cm³/mol. The Balaban J connectivity index is 2.18. The van der Waals surface area contributed by atoms with Gasteiger partial charge in [-0.1, -0.05) is 6.07 Å². The Bertz CT molecular complexity index is 420. The van der Waals surface area contributed by atoms with E-state index in [1.54, 1.807) is 0 Å². The molecule has 3 heteroatoms. The molecule has 0 N–H and O–H groups in total. The maximum Gasteiger partial charge on any atom is 0.128 e. The molecule has 16 heavy (non-hydrogen) atoms. The zero-order valence-electron chi connectivity index (χ0n) is 9.90. The fraction of sp³-hybridized carbons (Fsp3) is 0.538. The maximum absolute atomic E-state index is 8.69. The van der Waals surface area contributed by atoms with Crippen molar-refractivity contribution in [2.45, 2.75) is 38.6 Å². The van der Waals surface area contributed by atoms with Gasteiger partial charge in [0.05, 0.1) is 12.5 Å². The van der Waals surface area contributed by atoms with E-state index in [9.17, 15) is 0 Å². The van der Waals surface area contributed by atoms with Crippen LogP contribution in [0.5, 0.6) is 0 Å². The molecule has 3 nitrogen and oxygen atoms in total. The highest BCUT2D eigenvalue weighted by Crippen LogP contribution is 2.23. The van der Waals surface area contributed by atoms with Gasteiger partial charge in [-0.05, 0) is 37.8 Å². The minimum absolute atomic E-state index is 0.219. The topological polar surface area (TPSA) is 39.9 Å². The van der Waals surface area contributed by atoms with Gasteiger partial charge in [-0.2, -0.15) is 5.26 Å². The molecule has 1 aliphatic carbocycles. The van der Waals surface area contributed by atoms with Crippen LogP contribution in [-0.2, 0) is 12.8 Å². The summed E-state index contributed by atoms with van der Waals surface area (Å²) in [5.74, 6) is 0.989. The minimum atomic E-state index is 0.219. The number of aryl methyl sites for hydroxylation is 2. The van der Waals surface area contributed by atoms with Gasteiger partial charge in [0.1, 0.15) is 5.82 Å². The molecule has 0 saturated carbocycles. The molecule has 2 rings (SSSR count). The first-order valence-electron chi connectivity index (χ1n) is 5.81. The average Bonchev–Trinajstić information content (AvgIpc) is 2.75. The third-order valence-corrected chi connectivity index (χ3v) is 3.32. The molecule has 1 unspecified atom stereocenters.